The molecule has 100 valence electrons. The van der Waals surface area contributed by atoms with Gasteiger partial charge in [-0.25, -0.2) is 8.78 Å². The van der Waals surface area contributed by atoms with Gasteiger partial charge in [0.2, 0.25) is 0 Å². The molecule has 18 heavy (non-hydrogen) atoms. The second kappa shape index (κ2) is 4.00. The van der Waals surface area contributed by atoms with Crippen molar-refractivity contribution in [1.82, 2.24) is 5.43 Å². The van der Waals surface area contributed by atoms with Gasteiger partial charge >= 0.3 is 0 Å². The van der Waals surface area contributed by atoms with E-state index < -0.39 is 11.6 Å². The first-order valence-electron chi connectivity index (χ1n) is 6.14. The first kappa shape index (κ1) is 13.4. The molecule has 0 aromatic heterocycles. The lowest BCUT2D eigenvalue weighted by Crippen LogP contribution is -2.31. The van der Waals surface area contributed by atoms with Gasteiger partial charge in [-0.2, -0.15) is 0 Å². The standard InChI is InChI=1S/C14H20F2N2/c1-13(2)12(14(13,3)4)11(18-17)8-5-9(15)7-10(16)6-8/h5-7,11-12,18H,17H2,1-4H3. The fourth-order valence-electron chi connectivity index (χ4n) is 3.22. The molecule has 1 unspecified atom stereocenters. The van der Waals surface area contributed by atoms with Gasteiger partial charge in [-0.3, -0.25) is 11.3 Å². The predicted molar refractivity (Wildman–Crippen MR) is 67.5 cm³/mol. The van der Waals surface area contributed by atoms with Crippen molar-refractivity contribution < 1.29 is 8.78 Å². The third-order valence-electron chi connectivity index (χ3n) is 4.89. The number of halogens is 2. The highest BCUT2D eigenvalue weighted by Gasteiger charge is 2.67. The van der Waals surface area contributed by atoms with Gasteiger partial charge in [0, 0.05) is 6.07 Å². The van der Waals surface area contributed by atoms with Gasteiger partial charge in [0.1, 0.15) is 11.6 Å². The van der Waals surface area contributed by atoms with Crippen molar-refractivity contribution in [3.05, 3.63) is 35.4 Å². The second-order valence-corrected chi connectivity index (χ2v) is 6.27. The monoisotopic (exact) mass is 254 g/mol. The molecule has 2 rings (SSSR count). The summed E-state index contributed by atoms with van der Waals surface area (Å²) in [7, 11) is 0. The van der Waals surface area contributed by atoms with E-state index in [4.69, 9.17) is 5.84 Å². The molecule has 1 atom stereocenters. The van der Waals surface area contributed by atoms with E-state index >= 15 is 0 Å². The lowest BCUT2D eigenvalue weighted by molar-refractivity contribution is 0.413. The predicted octanol–water partition coefficient (Wildman–Crippen LogP) is 3.15. The van der Waals surface area contributed by atoms with Crippen LogP contribution in [0.25, 0.3) is 0 Å². The molecule has 1 aromatic rings. The molecule has 2 nitrogen and oxygen atoms in total. The highest BCUT2D eigenvalue weighted by molar-refractivity contribution is 5.28. The van der Waals surface area contributed by atoms with Crippen LogP contribution < -0.4 is 11.3 Å². The van der Waals surface area contributed by atoms with Crippen LogP contribution in [0.2, 0.25) is 0 Å². The summed E-state index contributed by atoms with van der Waals surface area (Å²) in [5.74, 6) is 4.70. The maximum Gasteiger partial charge on any atom is 0.126 e. The Morgan fingerprint density at radius 3 is 1.83 bits per heavy atom. The number of benzene rings is 1. The molecular formula is C14H20F2N2. The molecule has 4 heteroatoms. The Balaban J connectivity index is 2.36. The molecule has 1 saturated carbocycles. The fourth-order valence-corrected chi connectivity index (χ4v) is 3.22. The van der Waals surface area contributed by atoms with E-state index in [0.29, 0.717) is 5.56 Å². The van der Waals surface area contributed by atoms with Crippen LogP contribution in [0.3, 0.4) is 0 Å². The van der Waals surface area contributed by atoms with Gasteiger partial charge in [0.25, 0.3) is 0 Å². The molecule has 3 N–H and O–H groups in total. The SMILES string of the molecule is CC1(C)C(C(NN)c2cc(F)cc(F)c2)C1(C)C. The summed E-state index contributed by atoms with van der Waals surface area (Å²) in [6.07, 6.45) is 0. The Hall–Kier alpha value is -1.00. The zero-order valence-electron chi connectivity index (χ0n) is 11.2. The Kier molecular flexibility index (Phi) is 2.98. The average molecular weight is 254 g/mol. The molecular weight excluding hydrogens is 234 g/mol. The number of nitrogens with two attached hydrogens (primary N) is 1. The van der Waals surface area contributed by atoms with Crippen molar-refractivity contribution in [1.29, 1.82) is 0 Å². The summed E-state index contributed by atoms with van der Waals surface area (Å²) in [5.41, 5.74) is 3.46. The van der Waals surface area contributed by atoms with E-state index in [1.165, 1.54) is 12.1 Å². The van der Waals surface area contributed by atoms with Crippen LogP contribution in [0.4, 0.5) is 8.78 Å². The van der Waals surface area contributed by atoms with E-state index in [0.717, 1.165) is 6.07 Å². The molecule has 1 aromatic carbocycles. The van der Waals surface area contributed by atoms with E-state index in [2.05, 4.69) is 33.1 Å². The summed E-state index contributed by atoms with van der Waals surface area (Å²) in [6, 6.07) is 3.33. The Morgan fingerprint density at radius 1 is 1.06 bits per heavy atom. The van der Waals surface area contributed by atoms with Crippen molar-refractivity contribution in [2.24, 2.45) is 22.6 Å². The third kappa shape index (κ3) is 1.84. The van der Waals surface area contributed by atoms with Crippen LogP contribution in [0.5, 0.6) is 0 Å². The zero-order valence-corrected chi connectivity index (χ0v) is 11.2. The molecule has 0 heterocycles. The second-order valence-electron chi connectivity index (χ2n) is 6.27. The average Bonchev–Trinajstić information content (AvgIpc) is 2.61. The van der Waals surface area contributed by atoms with Crippen molar-refractivity contribution in [2.45, 2.75) is 33.7 Å². The highest BCUT2D eigenvalue weighted by Crippen LogP contribution is 2.72. The maximum absolute atomic E-state index is 13.3. The van der Waals surface area contributed by atoms with Crippen LogP contribution in [0, 0.1) is 28.4 Å². The topological polar surface area (TPSA) is 38.0 Å². The van der Waals surface area contributed by atoms with Crippen LogP contribution in [-0.4, -0.2) is 0 Å². The molecule has 0 amide bonds. The van der Waals surface area contributed by atoms with Gasteiger partial charge in [0.05, 0.1) is 6.04 Å². The molecule has 1 aliphatic carbocycles. The van der Waals surface area contributed by atoms with Crippen molar-refractivity contribution in [3.8, 4) is 0 Å². The molecule has 0 radical (unpaired) electrons. The fraction of sp³-hybridized carbons (Fsp3) is 0.571. The van der Waals surface area contributed by atoms with Crippen LogP contribution in [0.15, 0.2) is 18.2 Å². The summed E-state index contributed by atoms with van der Waals surface area (Å²) in [4.78, 5) is 0. The molecule has 0 bridgehead atoms. The minimum absolute atomic E-state index is 0.0901. The molecule has 1 aliphatic rings. The Labute approximate surface area is 107 Å². The largest absolute Gasteiger partial charge is 0.271 e. The highest BCUT2D eigenvalue weighted by atomic mass is 19.1. The first-order chi connectivity index (χ1) is 8.21. The number of rotatable bonds is 3. The van der Waals surface area contributed by atoms with Gasteiger partial charge in [0.15, 0.2) is 0 Å². The van der Waals surface area contributed by atoms with Gasteiger partial charge in [-0.05, 0) is 34.4 Å². The van der Waals surface area contributed by atoms with Crippen molar-refractivity contribution in [2.75, 3.05) is 0 Å². The summed E-state index contributed by atoms with van der Waals surface area (Å²) >= 11 is 0. The minimum Gasteiger partial charge on any atom is -0.271 e. The lowest BCUT2D eigenvalue weighted by atomic mass is 9.97. The third-order valence-corrected chi connectivity index (χ3v) is 4.89. The van der Waals surface area contributed by atoms with Crippen molar-refractivity contribution in [3.63, 3.8) is 0 Å². The minimum atomic E-state index is -0.568. The summed E-state index contributed by atoms with van der Waals surface area (Å²) < 4.78 is 26.6. The van der Waals surface area contributed by atoms with E-state index in [1.807, 2.05) is 0 Å². The quantitative estimate of drug-likeness (QED) is 0.642. The van der Waals surface area contributed by atoms with Crippen LogP contribution in [0.1, 0.15) is 39.3 Å². The number of hydrogen-bond donors (Lipinski definition) is 2. The van der Waals surface area contributed by atoms with E-state index in [-0.39, 0.29) is 22.8 Å². The number of hydrogen-bond acceptors (Lipinski definition) is 2. The Bertz CT molecular complexity index is 435. The summed E-state index contributed by atoms with van der Waals surface area (Å²) in [6.45, 7) is 8.60. The molecule has 0 spiro atoms. The van der Waals surface area contributed by atoms with Crippen LogP contribution in [-0.2, 0) is 0 Å². The lowest BCUT2D eigenvalue weighted by Gasteiger charge is -2.19. The van der Waals surface area contributed by atoms with E-state index in [1.54, 1.807) is 0 Å². The molecule has 0 saturated heterocycles. The molecule has 1 fully saturated rings. The zero-order chi connectivity index (χ0) is 13.7. The van der Waals surface area contributed by atoms with Crippen molar-refractivity contribution >= 4 is 0 Å². The van der Waals surface area contributed by atoms with Gasteiger partial charge in [-0.1, -0.05) is 27.7 Å². The van der Waals surface area contributed by atoms with E-state index in [9.17, 15) is 8.78 Å². The van der Waals surface area contributed by atoms with Gasteiger partial charge in [-0.15, -0.1) is 0 Å². The smallest absolute Gasteiger partial charge is 0.126 e. The normalized spacial score (nSPS) is 22.8. The number of nitrogens with one attached hydrogen (secondary N) is 1. The molecule has 0 aliphatic heterocycles. The van der Waals surface area contributed by atoms with Gasteiger partial charge < -0.3 is 0 Å². The number of hydrazine groups is 1. The maximum atomic E-state index is 13.3. The summed E-state index contributed by atoms with van der Waals surface area (Å²) in [5, 5.41) is 0. The van der Waals surface area contributed by atoms with Crippen LogP contribution >= 0.6 is 0 Å². The Morgan fingerprint density at radius 2 is 1.50 bits per heavy atom. The first-order valence-corrected chi connectivity index (χ1v) is 6.14.